The van der Waals surface area contributed by atoms with Gasteiger partial charge in [-0.2, -0.15) is 0 Å². The van der Waals surface area contributed by atoms with Crippen LogP contribution in [0.1, 0.15) is 25.7 Å². The molecule has 0 aliphatic heterocycles. The Kier molecular flexibility index (Phi) is 2.06. The second-order valence-electron chi connectivity index (χ2n) is 2.82. The Morgan fingerprint density at radius 2 is 2.22 bits per heavy atom. The van der Waals surface area contributed by atoms with Crippen molar-refractivity contribution in [3.05, 3.63) is 0 Å². The Balaban J connectivity index is 2.10. The van der Waals surface area contributed by atoms with Crippen LogP contribution in [0.4, 0.5) is 4.39 Å². The first-order valence-electron chi connectivity index (χ1n) is 3.58. The van der Waals surface area contributed by atoms with Crippen LogP contribution in [0.25, 0.3) is 0 Å². The van der Waals surface area contributed by atoms with E-state index in [0.717, 1.165) is 12.8 Å². The van der Waals surface area contributed by atoms with Gasteiger partial charge in [-0.1, -0.05) is 0 Å². The van der Waals surface area contributed by atoms with Gasteiger partial charge in [0.25, 0.3) is 0 Å². The number of halogens is 1. The molecule has 0 aromatic rings. The van der Waals surface area contributed by atoms with Crippen LogP contribution >= 0.6 is 0 Å². The zero-order chi connectivity index (χ0) is 6.74. The van der Waals surface area contributed by atoms with Crippen molar-refractivity contribution in [1.82, 2.24) is 5.32 Å². The van der Waals surface area contributed by atoms with Gasteiger partial charge in [0.15, 0.2) is 0 Å². The van der Waals surface area contributed by atoms with Gasteiger partial charge in [-0.05, 0) is 32.7 Å². The van der Waals surface area contributed by atoms with E-state index in [1.807, 2.05) is 7.05 Å². The number of alkyl halides is 1. The van der Waals surface area contributed by atoms with E-state index in [0.29, 0.717) is 5.54 Å². The molecule has 0 heterocycles. The molecule has 2 heteroatoms. The van der Waals surface area contributed by atoms with Crippen molar-refractivity contribution in [2.24, 2.45) is 0 Å². The monoisotopic (exact) mass is 131 g/mol. The Morgan fingerprint density at radius 1 is 1.56 bits per heavy atom. The zero-order valence-electron chi connectivity index (χ0n) is 5.91. The maximum absolute atomic E-state index is 11.7. The number of hydrogen-bond donors (Lipinski definition) is 1. The molecule has 1 aliphatic rings. The summed E-state index contributed by atoms with van der Waals surface area (Å²) in [6.07, 6.45) is 4.22. The molecule has 1 aliphatic carbocycles. The summed E-state index contributed by atoms with van der Waals surface area (Å²) >= 11 is 0. The molecule has 0 amide bonds. The molecule has 1 fully saturated rings. The molecule has 1 N–H and O–H groups in total. The number of hydrogen-bond acceptors (Lipinski definition) is 1. The largest absolute Gasteiger partial charge is 0.314 e. The van der Waals surface area contributed by atoms with Gasteiger partial charge >= 0.3 is 0 Å². The van der Waals surface area contributed by atoms with E-state index in [9.17, 15) is 4.39 Å². The first-order valence-corrected chi connectivity index (χ1v) is 3.58. The smallest absolute Gasteiger partial charge is 0.0895 e. The van der Waals surface area contributed by atoms with Crippen LogP contribution in [0.15, 0.2) is 0 Å². The fourth-order valence-corrected chi connectivity index (χ4v) is 1.18. The predicted molar refractivity (Wildman–Crippen MR) is 36.2 cm³/mol. The summed E-state index contributed by atoms with van der Waals surface area (Å²) in [5, 5.41) is 3.22. The summed E-state index contributed by atoms with van der Waals surface area (Å²) < 4.78 is 11.7. The minimum Gasteiger partial charge on any atom is -0.314 e. The van der Waals surface area contributed by atoms with Crippen LogP contribution in [0, 0.1) is 0 Å². The van der Waals surface area contributed by atoms with Gasteiger partial charge in [0.2, 0.25) is 0 Å². The van der Waals surface area contributed by atoms with Crippen LogP contribution in [0.5, 0.6) is 0 Å². The average Bonchev–Trinajstić information content (AvgIpc) is 2.65. The highest BCUT2D eigenvalue weighted by atomic mass is 19.1. The molecule has 1 nitrogen and oxygen atoms in total. The standard InChI is InChI=1S/C7H14FN/c1-9-7(4-5-7)3-2-6-8/h9H,2-6H2,1H3. The van der Waals surface area contributed by atoms with E-state index in [2.05, 4.69) is 5.32 Å². The molecule has 9 heavy (non-hydrogen) atoms. The van der Waals surface area contributed by atoms with Crippen molar-refractivity contribution in [3.63, 3.8) is 0 Å². The van der Waals surface area contributed by atoms with Crippen LogP contribution in [0.2, 0.25) is 0 Å². The third-order valence-corrected chi connectivity index (χ3v) is 2.17. The molecule has 0 unspecified atom stereocenters. The van der Waals surface area contributed by atoms with Gasteiger partial charge < -0.3 is 5.32 Å². The maximum atomic E-state index is 11.7. The van der Waals surface area contributed by atoms with Gasteiger partial charge in [0.05, 0.1) is 6.67 Å². The topological polar surface area (TPSA) is 12.0 Å². The summed E-state index contributed by atoms with van der Waals surface area (Å²) in [4.78, 5) is 0. The zero-order valence-corrected chi connectivity index (χ0v) is 5.91. The van der Waals surface area contributed by atoms with Crippen molar-refractivity contribution in [3.8, 4) is 0 Å². The van der Waals surface area contributed by atoms with Crippen LogP contribution < -0.4 is 5.32 Å². The summed E-state index contributed by atoms with van der Waals surface area (Å²) in [6, 6.07) is 0. The molecule has 1 saturated carbocycles. The van der Waals surface area contributed by atoms with E-state index in [1.54, 1.807) is 0 Å². The third kappa shape index (κ3) is 1.65. The average molecular weight is 131 g/mol. The molecular weight excluding hydrogens is 117 g/mol. The highest BCUT2D eigenvalue weighted by molar-refractivity contribution is 5.00. The highest BCUT2D eigenvalue weighted by Gasteiger charge is 2.39. The Labute approximate surface area is 55.6 Å². The lowest BCUT2D eigenvalue weighted by Crippen LogP contribution is -2.26. The highest BCUT2D eigenvalue weighted by Crippen LogP contribution is 2.38. The molecule has 0 aromatic carbocycles. The van der Waals surface area contributed by atoms with Gasteiger partial charge in [0.1, 0.15) is 0 Å². The summed E-state index contributed by atoms with van der Waals surface area (Å²) in [5.74, 6) is 0. The quantitative estimate of drug-likeness (QED) is 0.609. The number of rotatable bonds is 4. The van der Waals surface area contributed by atoms with E-state index in [4.69, 9.17) is 0 Å². The predicted octanol–water partition coefficient (Wildman–Crippen LogP) is 1.49. The fourth-order valence-electron chi connectivity index (χ4n) is 1.18. The number of nitrogens with one attached hydrogen (secondary N) is 1. The summed E-state index contributed by atoms with van der Waals surface area (Å²) in [6.45, 7) is -0.163. The van der Waals surface area contributed by atoms with E-state index < -0.39 is 0 Å². The lowest BCUT2D eigenvalue weighted by molar-refractivity contribution is 0.412. The van der Waals surface area contributed by atoms with E-state index >= 15 is 0 Å². The molecule has 0 radical (unpaired) electrons. The van der Waals surface area contributed by atoms with Crippen molar-refractivity contribution in [2.75, 3.05) is 13.7 Å². The van der Waals surface area contributed by atoms with Crippen molar-refractivity contribution in [2.45, 2.75) is 31.2 Å². The van der Waals surface area contributed by atoms with Gasteiger partial charge in [-0.15, -0.1) is 0 Å². The third-order valence-electron chi connectivity index (χ3n) is 2.17. The van der Waals surface area contributed by atoms with Crippen LogP contribution in [-0.4, -0.2) is 19.3 Å². The molecule has 0 atom stereocenters. The molecule has 0 saturated heterocycles. The SMILES string of the molecule is CNC1(CCCF)CC1. The minimum atomic E-state index is -0.163. The lowest BCUT2D eigenvalue weighted by atomic mass is 10.1. The molecular formula is C7H14FN. The van der Waals surface area contributed by atoms with Gasteiger partial charge in [0, 0.05) is 5.54 Å². The summed E-state index contributed by atoms with van der Waals surface area (Å²) in [5.41, 5.74) is 0.353. The first-order chi connectivity index (χ1) is 4.33. The first kappa shape index (κ1) is 7.00. The van der Waals surface area contributed by atoms with Crippen LogP contribution in [-0.2, 0) is 0 Å². The van der Waals surface area contributed by atoms with Crippen molar-refractivity contribution in [1.29, 1.82) is 0 Å². The van der Waals surface area contributed by atoms with Gasteiger partial charge in [-0.3, -0.25) is 4.39 Å². The molecule has 0 aromatic heterocycles. The Bertz CT molecular complexity index is 88.9. The second kappa shape index (κ2) is 2.65. The lowest BCUT2D eigenvalue weighted by Gasteiger charge is -2.11. The van der Waals surface area contributed by atoms with E-state index in [1.165, 1.54) is 12.8 Å². The molecule has 0 spiro atoms. The Morgan fingerprint density at radius 3 is 2.56 bits per heavy atom. The van der Waals surface area contributed by atoms with Crippen molar-refractivity contribution >= 4 is 0 Å². The van der Waals surface area contributed by atoms with Crippen LogP contribution in [0.3, 0.4) is 0 Å². The maximum Gasteiger partial charge on any atom is 0.0895 e. The van der Waals surface area contributed by atoms with E-state index in [-0.39, 0.29) is 6.67 Å². The molecule has 54 valence electrons. The minimum absolute atomic E-state index is 0.163. The summed E-state index contributed by atoms with van der Waals surface area (Å²) in [7, 11) is 1.96. The second-order valence-corrected chi connectivity index (χ2v) is 2.82. The molecule has 1 rings (SSSR count). The Hall–Kier alpha value is -0.110. The van der Waals surface area contributed by atoms with Crippen molar-refractivity contribution < 1.29 is 4.39 Å². The normalized spacial score (nSPS) is 22.0. The molecule has 0 bridgehead atoms. The fraction of sp³-hybridized carbons (Fsp3) is 1.00. The van der Waals surface area contributed by atoms with Gasteiger partial charge in [-0.25, -0.2) is 0 Å².